The van der Waals surface area contributed by atoms with Crippen molar-refractivity contribution in [2.75, 3.05) is 96.1 Å². The Morgan fingerprint density at radius 1 is 0.487 bits per heavy atom. The number of hydrogen-bond donors (Lipinski definition) is 14. The Bertz CT molecular complexity index is 2930. The number of nitrogens with one attached hydrogen (secondary N) is 4. The quantitative estimate of drug-likeness (QED) is 0.0131. The van der Waals surface area contributed by atoms with Crippen molar-refractivity contribution in [1.82, 2.24) is 29.9 Å². The molecular formula is C38H52N12Na4O22S4. The van der Waals surface area contributed by atoms with Gasteiger partial charge in [0.2, 0.25) is 35.7 Å². The van der Waals surface area contributed by atoms with Gasteiger partial charge >= 0.3 is 118 Å². The predicted molar refractivity (Wildman–Crippen MR) is 259 cm³/mol. The Kier molecular flexibility index (Phi) is 33.6. The average molecular weight is 1250 g/mol. The van der Waals surface area contributed by atoms with E-state index in [-0.39, 0.29) is 153 Å². The third-order valence-electron chi connectivity index (χ3n) is 10.3. The van der Waals surface area contributed by atoms with Crippen molar-refractivity contribution in [3.63, 3.8) is 0 Å². The van der Waals surface area contributed by atoms with Gasteiger partial charge in [-0.15, -0.1) is 0 Å². The zero-order valence-electron chi connectivity index (χ0n) is 43.5. The van der Waals surface area contributed by atoms with Crippen LogP contribution in [0, 0.1) is 0 Å². The largest absolute Gasteiger partial charge is 1.00 e. The summed E-state index contributed by atoms with van der Waals surface area (Å²) in [5.74, 6) is -4.27. The van der Waals surface area contributed by atoms with Crippen LogP contribution in [-0.2, 0) is 40.5 Å². The van der Waals surface area contributed by atoms with Crippen molar-refractivity contribution >= 4 is 99.7 Å². The van der Waals surface area contributed by atoms with Gasteiger partial charge < -0.3 is 100 Å². The van der Waals surface area contributed by atoms with E-state index in [9.17, 15) is 92.7 Å². The van der Waals surface area contributed by atoms with E-state index in [1.165, 1.54) is 26.2 Å². The number of nitrogens with zero attached hydrogens (tertiary/aromatic N) is 8. The van der Waals surface area contributed by atoms with Crippen molar-refractivity contribution in [2.45, 2.75) is 58.6 Å². The molecule has 424 valence electrons. The van der Waals surface area contributed by atoms with E-state index in [1.54, 1.807) is 0 Å². The van der Waals surface area contributed by atoms with E-state index < -0.39 is 174 Å². The first kappa shape index (κ1) is 78.2. The zero-order valence-corrected chi connectivity index (χ0v) is 54.7. The molecule has 0 spiro atoms. The third-order valence-corrected chi connectivity index (χ3v) is 13.5. The first-order valence-electron chi connectivity index (χ1n) is 21.6. The first-order valence-corrected chi connectivity index (χ1v) is 27.5. The molecule has 80 heavy (non-hydrogen) atoms. The number of rotatable bonds is 30. The molecule has 14 N–H and O–H groups in total. The summed E-state index contributed by atoms with van der Waals surface area (Å²) in [6, 6.07) is 6.10. The molecule has 2 aromatic heterocycles. The SMILES string of the molecule is CN(CC(O)C(O)C(O)C(O)CO)c1nc(NCCS(=O)(=O)[O-])nc(Nc2ccc(C=Cc3ccc(Nc4nc(NCCS(=O)(=O)[O-])nc(N(C)CC(O)C(O)C(O)C(O)CO)n4)cc3S(=O)(=O)[O-])c(S(=O)(=O)[O-])c2)n1.[Na+].[Na+].[Na+].[Na+]. The van der Waals surface area contributed by atoms with E-state index in [0.717, 1.165) is 46.2 Å². The van der Waals surface area contributed by atoms with Crippen LogP contribution in [0.5, 0.6) is 0 Å². The van der Waals surface area contributed by atoms with Gasteiger partial charge in [-0.1, -0.05) is 24.3 Å². The number of likely N-dealkylation sites (N-methyl/N-ethyl adjacent to an activating group) is 2. The van der Waals surface area contributed by atoms with Crippen LogP contribution in [0.25, 0.3) is 12.2 Å². The molecule has 8 atom stereocenters. The Labute approximate surface area is 546 Å². The normalized spacial score (nSPS) is 14.9. The van der Waals surface area contributed by atoms with Crippen molar-refractivity contribution < 1.29 is 221 Å². The Balaban J connectivity index is 0.0000156. The summed E-state index contributed by atoms with van der Waals surface area (Å²) in [6.45, 7) is -4.15. The fraction of sp³-hybridized carbons (Fsp3) is 0.474. The van der Waals surface area contributed by atoms with Gasteiger partial charge in [0.1, 0.15) is 69.1 Å². The Hall–Kier alpha value is -1.76. The molecule has 0 fully saturated rings. The second-order valence-electron chi connectivity index (χ2n) is 16.3. The van der Waals surface area contributed by atoms with Crippen molar-refractivity contribution in [3.05, 3.63) is 47.5 Å². The minimum Gasteiger partial charge on any atom is -0.748 e. The molecule has 2 heterocycles. The summed E-state index contributed by atoms with van der Waals surface area (Å²) < 4.78 is 143. The Morgan fingerprint density at radius 3 is 1.07 bits per heavy atom. The maximum Gasteiger partial charge on any atom is 1.00 e. The molecular weight excluding hydrogens is 1200 g/mol. The van der Waals surface area contributed by atoms with Gasteiger partial charge in [0.05, 0.1) is 54.7 Å². The third kappa shape index (κ3) is 25.1. The molecule has 0 aliphatic carbocycles. The van der Waals surface area contributed by atoms with E-state index >= 15 is 0 Å². The minimum atomic E-state index is -5.40. The van der Waals surface area contributed by atoms with Crippen molar-refractivity contribution in [1.29, 1.82) is 0 Å². The van der Waals surface area contributed by atoms with Crippen molar-refractivity contribution in [2.24, 2.45) is 0 Å². The molecule has 8 unspecified atom stereocenters. The average Bonchev–Trinajstić information content (AvgIpc) is 3.33. The molecule has 0 saturated heterocycles. The van der Waals surface area contributed by atoms with Crippen LogP contribution in [0.2, 0.25) is 0 Å². The monoisotopic (exact) mass is 1250 g/mol. The number of aromatic nitrogens is 6. The Morgan fingerprint density at radius 2 is 0.787 bits per heavy atom. The second kappa shape index (κ2) is 34.4. The molecule has 34 nitrogen and oxygen atoms in total. The summed E-state index contributed by atoms with van der Waals surface area (Å²) in [5, 5.41) is 109. The molecule has 0 aliphatic heterocycles. The first-order chi connectivity index (χ1) is 35.2. The van der Waals surface area contributed by atoms with Crippen LogP contribution in [0.1, 0.15) is 11.1 Å². The van der Waals surface area contributed by atoms with Crippen LogP contribution >= 0.6 is 0 Å². The van der Waals surface area contributed by atoms with Crippen LogP contribution in [0.3, 0.4) is 0 Å². The molecule has 0 radical (unpaired) electrons. The van der Waals surface area contributed by atoms with Crippen LogP contribution in [-0.4, -0.2) is 247 Å². The van der Waals surface area contributed by atoms with E-state index in [2.05, 4.69) is 51.2 Å². The van der Waals surface area contributed by atoms with Gasteiger partial charge in [0.25, 0.3) is 0 Å². The summed E-state index contributed by atoms with van der Waals surface area (Å²) in [5.41, 5.74) is -1.14. The standard InChI is InChI=1S/C38H56N12O22S4.4Na/c1-49(15-23(53)29(57)31(59)25(55)17-51)37-45-33(39-9-11-73(61,62)63)43-35(47-37)41-21-7-5-19(27(13-21)75(67,68)69)3-4-20-6-8-22(14-28(20)76(70,71)72)42-36-44-34(40-10-12-74(64,65)66)46-38(48-36)50(2)16-24(54)30(58)32(60)26(56)18-52;;;;/h3-8,13-14,23-26,29-32,51-60H,9-12,15-18H2,1-2H3,(H,61,62,63)(H,64,65,66)(H,67,68,69)(H,70,71,72)(H2,39,41,43,45,47)(H2,40,42,44,46,48);;;;/q;4*+1/p-4. The molecule has 0 bridgehead atoms. The van der Waals surface area contributed by atoms with E-state index in [1.807, 2.05) is 0 Å². The number of benzene rings is 2. The molecule has 4 rings (SSSR count). The number of anilines is 8. The van der Waals surface area contributed by atoms with E-state index in [0.29, 0.717) is 0 Å². The minimum absolute atomic E-state index is 0. The number of aliphatic hydroxyl groups excluding tert-OH is 10. The van der Waals surface area contributed by atoms with E-state index in [4.69, 9.17) is 10.2 Å². The van der Waals surface area contributed by atoms with Gasteiger partial charge in [-0.3, -0.25) is 0 Å². The fourth-order valence-electron chi connectivity index (χ4n) is 6.35. The molecule has 42 heteroatoms. The maximum absolute atomic E-state index is 12.6. The molecule has 0 amide bonds. The van der Waals surface area contributed by atoms with Crippen molar-refractivity contribution in [3.8, 4) is 0 Å². The molecule has 2 aromatic carbocycles. The molecule has 4 aromatic rings. The molecule has 0 saturated carbocycles. The second-order valence-corrected chi connectivity index (χ2v) is 22.0. The van der Waals surface area contributed by atoms with Gasteiger partial charge in [0.15, 0.2) is 0 Å². The maximum atomic E-state index is 12.6. The smallest absolute Gasteiger partial charge is 0.748 e. The summed E-state index contributed by atoms with van der Waals surface area (Å²) >= 11 is 0. The summed E-state index contributed by atoms with van der Waals surface area (Å²) in [7, 11) is -17.7. The number of aliphatic hydroxyl groups is 10. The zero-order chi connectivity index (χ0) is 57.1. The van der Waals surface area contributed by atoms with Gasteiger partial charge in [-0.25, -0.2) is 33.7 Å². The van der Waals surface area contributed by atoms with Crippen LogP contribution < -0.4 is 149 Å². The van der Waals surface area contributed by atoms with Gasteiger partial charge in [-0.2, -0.15) is 29.9 Å². The van der Waals surface area contributed by atoms with Gasteiger partial charge in [0, 0.05) is 51.6 Å². The summed E-state index contributed by atoms with van der Waals surface area (Å²) in [4.78, 5) is 24.7. The molecule has 0 aliphatic rings. The van der Waals surface area contributed by atoms with Crippen LogP contribution in [0.4, 0.5) is 47.1 Å². The fourth-order valence-corrected chi connectivity index (χ4v) is 8.45. The van der Waals surface area contributed by atoms with Gasteiger partial charge in [-0.05, 0) is 35.4 Å². The topological polar surface area (TPSA) is 563 Å². The van der Waals surface area contributed by atoms with Crippen LogP contribution in [0.15, 0.2) is 46.2 Å². The summed E-state index contributed by atoms with van der Waals surface area (Å²) in [6.07, 6.45) is -13.4. The predicted octanol–water partition coefficient (Wildman–Crippen LogP) is -18.8. The number of hydrogen-bond acceptors (Lipinski definition) is 34.